The first kappa shape index (κ1) is 14.1. The van der Waals surface area contributed by atoms with Gasteiger partial charge in [0, 0.05) is 24.1 Å². The van der Waals surface area contributed by atoms with Gasteiger partial charge < -0.3 is 4.52 Å². The van der Waals surface area contributed by atoms with E-state index in [-0.39, 0.29) is 0 Å². The topological polar surface area (TPSA) is 29.3 Å². The van der Waals surface area contributed by atoms with Crippen molar-refractivity contribution in [2.45, 2.75) is 30.0 Å². The molecule has 1 atom stereocenters. The maximum absolute atomic E-state index is 5.42. The summed E-state index contributed by atoms with van der Waals surface area (Å²) < 4.78 is 5.42. The molecule has 4 heteroatoms. The van der Waals surface area contributed by atoms with E-state index in [0.29, 0.717) is 11.3 Å². The van der Waals surface area contributed by atoms with Gasteiger partial charge in [0.05, 0.1) is 11.1 Å². The number of benzene rings is 1. The van der Waals surface area contributed by atoms with Gasteiger partial charge in [-0.05, 0) is 49.5 Å². The lowest BCUT2D eigenvalue weighted by molar-refractivity contribution is 0.146. The standard InChI is InChI=1S/C18H20N2OS/c1-13-11-15(21-19-13)12-17-14-7-9-20(10-8-14)18(17)22-16-5-3-2-4-6-16/h2-6,11-12,14,18H,7-10H2,1H3/b17-12+. The summed E-state index contributed by atoms with van der Waals surface area (Å²) in [5, 5.41) is 4.44. The Balaban J connectivity index is 1.65. The second-order valence-electron chi connectivity index (χ2n) is 6.11. The van der Waals surface area contributed by atoms with Crippen molar-refractivity contribution < 1.29 is 4.52 Å². The third-order valence-electron chi connectivity index (χ3n) is 4.56. The third kappa shape index (κ3) is 2.73. The highest BCUT2D eigenvalue weighted by Crippen LogP contribution is 2.44. The minimum atomic E-state index is 0.431. The van der Waals surface area contributed by atoms with E-state index in [1.54, 1.807) is 0 Å². The van der Waals surface area contributed by atoms with Crippen LogP contribution in [0.2, 0.25) is 0 Å². The molecule has 2 bridgehead atoms. The first-order valence-electron chi connectivity index (χ1n) is 7.90. The minimum absolute atomic E-state index is 0.431. The molecule has 4 heterocycles. The molecular weight excluding hydrogens is 292 g/mol. The zero-order valence-electron chi connectivity index (χ0n) is 12.7. The van der Waals surface area contributed by atoms with Gasteiger partial charge in [-0.3, -0.25) is 4.90 Å². The molecule has 0 amide bonds. The van der Waals surface area contributed by atoms with Crippen molar-refractivity contribution >= 4 is 17.8 Å². The largest absolute Gasteiger partial charge is 0.357 e. The monoisotopic (exact) mass is 312 g/mol. The Bertz CT molecular complexity index is 671. The highest BCUT2D eigenvalue weighted by atomic mass is 32.2. The van der Waals surface area contributed by atoms with Crippen LogP contribution in [0.4, 0.5) is 0 Å². The number of fused-ring (bicyclic) bond motifs is 3. The molecule has 0 saturated carbocycles. The summed E-state index contributed by atoms with van der Waals surface area (Å²) in [6, 6.07) is 12.7. The highest BCUT2D eigenvalue weighted by Gasteiger charge is 2.38. The van der Waals surface area contributed by atoms with Crippen LogP contribution in [-0.2, 0) is 0 Å². The summed E-state index contributed by atoms with van der Waals surface area (Å²) >= 11 is 1.96. The summed E-state index contributed by atoms with van der Waals surface area (Å²) in [5.74, 6) is 1.58. The Kier molecular flexibility index (Phi) is 3.80. The fraction of sp³-hybridized carbons (Fsp3) is 0.389. The number of thioether (sulfide) groups is 1. The minimum Gasteiger partial charge on any atom is -0.357 e. The van der Waals surface area contributed by atoms with Crippen molar-refractivity contribution in [1.82, 2.24) is 10.1 Å². The van der Waals surface area contributed by atoms with E-state index in [2.05, 4.69) is 46.5 Å². The van der Waals surface area contributed by atoms with Crippen LogP contribution in [0.1, 0.15) is 24.3 Å². The van der Waals surface area contributed by atoms with Crippen molar-refractivity contribution in [3.05, 3.63) is 53.4 Å². The third-order valence-corrected chi connectivity index (χ3v) is 5.90. The summed E-state index contributed by atoms with van der Waals surface area (Å²) in [6.07, 6.45) is 4.77. The van der Waals surface area contributed by atoms with Gasteiger partial charge in [-0.1, -0.05) is 23.4 Å². The van der Waals surface area contributed by atoms with E-state index >= 15 is 0 Å². The Morgan fingerprint density at radius 2 is 2.00 bits per heavy atom. The molecule has 0 N–H and O–H groups in total. The zero-order chi connectivity index (χ0) is 14.9. The molecule has 114 valence electrons. The number of aromatic nitrogens is 1. The van der Waals surface area contributed by atoms with Crippen LogP contribution in [0.25, 0.3) is 6.08 Å². The number of hydrogen-bond acceptors (Lipinski definition) is 4. The van der Waals surface area contributed by atoms with Gasteiger partial charge in [-0.25, -0.2) is 0 Å². The summed E-state index contributed by atoms with van der Waals surface area (Å²) in [5.41, 5.74) is 2.45. The average molecular weight is 312 g/mol. The molecule has 22 heavy (non-hydrogen) atoms. The van der Waals surface area contributed by atoms with Crippen LogP contribution in [0, 0.1) is 12.8 Å². The van der Waals surface area contributed by atoms with Crippen LogP contribution >= 0.6 is 11.8 Å². The van der Waals surface area contributed by atoms with Gasteiger partial charge in [0.25, 0.3) is 0 Å². The van der Waals surface area contributed by atoms with Gasteiger partial charge in [0.15, 0.2) is 5.76 Å². The lowest BCUT2D eigenvalue weighted by Gasteiger charge is -2.47. The predicted octanol–water partition coefficient (Wildman–Crippen LogP) is 4.21. The molecule has 1 aromatic carbocycles. The van der Waals surface area contributed by atoms with Crippen molar-refractivity contribution in [3.63, 3.8) is 0 Å². The van der Waals surface area contributed by atoms with Gasteiger partial charge in [0.1, 0.15) is 0 Å². The maximum atomic E-state index is 5.42. The van der Waals surface area contributed by atoms with Crippen LogP contribution in [0.15, 0.2) is 51.4 Å². The van der Waals surface area contributed by atoms with Gasteiger partial charge in [-0.2, -0.15) is 0 Å². The molecule has 0 spiro atoms. The van der Waals surface area contributed by atoms with Crippen LogP contribution in [0.5, 0.6) is 0 Å². The zero-order valence-corrected chi connectivity index (χ0v) is 13.6. The van der Waals surface area contributed by atoms with Gasteiger partial charge in [-0.15, -0.1) is 11.8 Å². The molecule has 3 aliphatic heterocycles. The number of piperidine rings is 3. The van der Waals surface area contributed by atoms with E-state index in [9.17, 15) is 0 Å². The number of hydrogen-bond donors (Lipinski definition) is 0. The van der Waals surface area contributed by atoms with Crippen molar-refractivity contribution in [2.75, 3.05) is 13.1 Å². The van der Waals surface area contributed by atoms with Gasteiger partial charge in [0.2, 0.25) is 0 Å². The molecule has 2 aromatic rings. The lowest BCUT2D eigenvalue weighted by Crippen LogP contribution is -2.48. The Hall–Kier alpha value is -1.52. The van der Waals surface area contributed by atoms with Crippen molar-refractivity contribution in [2.24, 2.45) is 5.92 Å². The SMILES string of the molecule is Cc1cc(/C=C2\C3CCN(CC3)C2Sc2ccccc2)on1. The first-order chi connectivity index (χ1) is 10.8. The van der Waals surface area contributed by atoms with Crippen molar-refractivity contribution in [3.8, 4) is 0 Å². The van der Waals surface area contributed by atoms with E-state index in [4.69, 9.17) is 4.52 Å². The molecule has 1 aromatic heterocycles. The smallest absolute Gasteiger partial charge is 0.159 e. The van der Waals surface area contributed by atoms with Gasteiger partial charge >= 0.3 is 0 Å². The van der Waals surface area contributed by atoms with Crippen molar-refractivity contribution in [1.29, 1.82) is 0 Å². The molecule has 3 nitrogen and oxygen atoms in total. The van der Waals surface area contributed by atoms with Crippen LogP contribution in [-0.4, -0.2) is 28.5 Å². The molecule has 0 aliphatic carbocycles. The first-order valence-corrected chi connectivity index (χ1v) is 8.78. The van der Waals surface area contributed by atoms with E-state index < -0.39 is 0 Å². The quantitative estimate of drug-likeness (QED) is 0.849. The molecule has 3 saturated heterocycles. The summed E-state index contributed by atoms with van der Waals surface area (Å²) in [7, 11) is 0. The summed E-state index contributed by atoms with van der Waals surface area (Å²) in [4.78, 5) is 3.94. The van der Waals surface area contributed by atoms with Crippen LogP contribution < -0.4 is 0 Å². The predicted molar refractivity (Wildman–Crippen MR) is 89.6 cm³/mol. The molecule has 3 aliphatic rings. The lowest BCUT2D eigenvalue weighted by atomic mass is 9.83. The Morgan fingerprint density at radius 3 is 2.68 bits per heavy atom. The number of nitrogens with zero attached hydrogens (tertiary/aromatic N) is 2. The number of rotatable bonds is 3. The fourth-order valence-corrected chi connectivity index (χ4v) is 4.78. The molecular formula is C18H20N2OS. The molecule has 0 radical (unpaired) electrons. The fourth-order valence-electron chi connectivity index (χ4n) is 3.46. The van der Waals surface area contributed by atoms with E-state index in [1.807, 2.05) is 24.8 Å². The molecule has 1 unspecified atom stereocenters. The normalized spacial score (nSPS) is 29.1. The molecule has 5 rings (SSSR count). The second-order valence-corrected chi connectivity index (χ2v) is 7.26. The van der Waals surface area contributed by atoms with E-state index in [1.165, 1.54) is 36.4 Å². The van der Waals surface area contributed by atoms with Crippen LogP contribution in [0.3, 0.4) is 0 Å². The van der Waals surface area contributed by atoms with E-state index in [0.717, 1.165) is 11.5 Å². The summed E-state index contributed by atoms with van der Waals surface area (Å²) in [6.45, 7) is 4.39. The Morgan fingerprint density at radius 1 is 1.23 bits per heavy atom. The number of aryl methyl sites for hydroxylation is 1. The molecule has 3 fully saturated rings. The Labute approximate surface area is 135 Å². The maximum Gasteiger partial charge on any atom is 0.159 e. The second kappa shape index (κ2) is 5.94. The highest BCUT2D eigenvalue weighted by molar-refractivity contribution is 8.00. The average Bonchev–Trinajstić information content (AvgIpc) is 2.97.